The molecule has 0 bridgehead atoms. The Balaban J connectivity index is 2.25. The Morgan fingerprint density at radius 1 is 1.50 bits per heavy atom. The van der Waals surface area contributed by atoms with Gasteiger partial charge in [0.15, 0.2) is 0 Å². The van der Waals surface area contributed by atoms with Crippen molar-refractivity contribution < 1.29 is 14.7 Å². The summed E-state index contributed by atoms with van der Waals surface area (Å²) in [6, 6.07) is 1.75. The number of carbonyl (C=O) groups is 2. The molecule has 94 valence electrons. The van der Waals surface area contributed by atoms with Crippen molar-refractivity contribution in [2.75, 3.05) is 5.32 Å². The molecule has 0 saturated heterocycles. The number of aryl methyl sites for hydroxylation is 1. The summed E-state index contributed by atoms with van der Waals surface area (Å²) < 4.78 is 1.00. The number of thiophene rings is 1. The first kappa shape index (κ1) is 13.1. The normalized spacial score (nSPS) is 10.3. The van der Waals surface area contributed by atoms with Crippen molar-refractivity contribution in [3.05, 3.63) is 37.3 Å². The first-order chi connectivity index (χ1) is 8.49. The fraction of sp³-hybridized carbons (Fsp3) is 0.0909. The highest BCUT2D eigenvalue weighted by atomic mass is 127. The van der Waals surface area contributed by atoms with Crippen LogP contribution in [0.1, 0.15) is 26.4 Å². The minimum atomic E-state index is -1.07. The molecule has 2 rings (SSSR count). The van der Waals surface area contributed by atoms with Crippen molar-refractivity contribution in [3.63, 3.8) is 0 Å². The molecule has 0 aromatic carbocycles. The maximum atomic E-state index is 11.9. The molecule has 18 heavy (non-hydrogen) atoms. The number of aromatic nitrogens is 1. The highest BCUT2D eigenvalue weighted by molar-refractivity contribution is 14.1. The predicted molar refractivity (Wildman–Crippen MR) is 77.5 cm³/mol. The number of rotatable bonds is 3. The molecule has 2 heterocycles. The van der Waals surface area contributed by atoms with E-state index in [1.165, 1.54) is 17.5 Å². The molecule has 3 N–H and O–H groups in total. The van der Waals surface area contributed by atoms with Crippen LogP contribution in [0.25, 0.3) is 0 Å². The molecule has 5 nitrogen and oxygen atoms in total. The van der Waals surface area contributed by atoms with Crippen molar-refractivity contribution in [2.24, 2.45) is 0 Å². The van der Waals surface area contributed by atoms with Gasteiger partial charge in [0.1, 0.15) is 5.56 Å². The minimum absolute atomic E-state index is 0.0910. The fourth-order valence-corrected chi connectivity index (χ4v) is 2.85. The van der Waals surface area contributed by atoms with E-state index in [4.69, 9.17) is 5.11 Å². The predicted octanol–water partition coefficient (Wildman–Crippen LogP) is 2.94. The molecular weight excluding hydrogens is 367 g/mol. The van der Waals surface area contributed by atoms with Crippen molar-refractivity contribution in [3.8, 4) is 0 Å². The van der Waals surface area contributed by atoms with Crippen LogP contribution in [0.3, 0.4) is 0 Å². The van der Waals surface area contributed by atoms with Gasteiger partial charge in [0.05, 0.1) is 14.1 Å². The molecule has 2 aromatic heterocycles. The number of aromatic carboxylic acids is 1. The lowest BCUT2D eigenvalue weighted by Gasteiger charge is -2.03. The van der Waals surface area contributed by atoms with Gasteiger partial charge in [0.2, 0.25) is 0 Å². The number of hydrogen-bond donors (Lipinski definition) is 3. The van der Waals surface area contributed by atoms with Crippen LogP contribution in [0.5, 0.6) is 0 Å². The maximum Gasteiger partial charge on any atom is 0.339 e. The molecule has 0 aliphatic carbocycles. The Bertz CT molecular complexity index is 618. The number of carbonyl (C=O) groups excluding carboxylic acids is 1. The minimum Gasteiger partial charge on any atom is -0.478 e. The van der Waals surface area contributed by atoms with E-state index >= 15 is 0 Å². The molecule has 0 atom stereocenters. The van der Waals surface area contributed by atoms with Gasteiger partial charge in [-0.3, -0.25) is 4.79 Å². The standard InChI is InChI=1S/C11H9IN2O3S/c1-5-9(11(16)17)7(3-13-5)14-10(15)6-2-8(12)18-4-6/h2-4,13H,1H3,(H,14,15)(H,16,17). The number of carboxylic acid groups (broad SMARTS) is 1. The van der Waals surface area contributed by atoms with Gasteiger partial charge in [-0.25, -0.2) is 4.79 Å². The Labute approximate surface area is 120 Å². The van der Waals surface area contributed by atoms with Crippen LogP contribution < -0.4 is 5.32 Å². The van der Waals surface area contributed by atoms with E-state index in [1.54, 1.807) is 18.4 Å². The zero-order chi connectivity index (χ0) is 13.3. The second-order valence-electron chi connectivity index (χ2n) is 3.60. The third-order valence-corrected chi connectivity index (χ3v) is 4.16. The molecule has 0 unspecified atom stereocenters. The number of nitrogens with one attached hydrogen (secondary N) is 2. The van der Waals surface area contributed by atoms with Crippen LogP contribution in [-0.4, -0.2) is 22.0 Å². The number of halogens is 1. The summed E-state index contributed by atoms with van der Waals surface area (Å²) in [6.07, 6.45) is 1.48. The van der Waals surface area contributed by atoms with Gasteiger partial charge in [-0.05, 0) is 35.6 Å². The molecular formula is C11H9IN2O3S. The highest BCUT2D eigenvalue weighted by Gasteiger charge is 2.18. The lowest BCUT2D eigenvalue weighted by atomic mass is 10.2. The average molecular weight is 376 g/mol. The zero-order valence-corrected chi connectivity index (χ0v) is 12.3. The molecule has 0 aliphatic heterocycles. The van der Waals surface area contributed by atoms with E-state index in [1.807, 2.05) is 0 Å². The van der Waals surface area contributed by atoms with E-state index < -0.39 is 5.97 Å². The quantitative estimate of drug-likeness (QED) is 0.721. The first-order valence-electron chi connectivity index (χ1n) is 4.95. The van der Waals surface area contributed by atoms with Gasteiger partial charge in [-0.2, -0.15) is 0 Å². The van der Waals surface area contributed by atoms with E-state index in [9.17, 15) is 9.59 Å². The number of aromatic amines is 1. The van der Waals surface area contributed by atoms with Crippen molar-refractivity contribution in [1.82, 2.24) is 4.98 Å². The van der Waals surface area contributed by atoms with E-state index in [0.717, 1.165) is 2.88 Å². The number of hydrogen-bond acceptors (Lipinski definition) is 3. The highest BCUT2D eigenvalue weighted by Crippen LogP contribution is 2.22. The summed E-state index contributed by atoms with van der Waals surface area (Å²) in [5.41, 5.74) is 1.41. The monoisotopic (exact) mass is 376 g/mol. The number of anilines is 1. The molecule has 2 aromatic rings. The van der Waals surface area contributed by atoms with Crippen LogP contribution in [-0.2, 0) is 0 Å². The third-order valence-electron chi connectivity index (χ3n) is 2.37. The lowest BCUT2D eigenvalue weighted by molar-refractivity contribution is 0.0697. The summed E-state index contributed by atoms with van der Waals surface area (Å²) in [5, 5.41) is 13.4. The van der Waals surface area contributed by atoms with Crippen molar-refractivity contribution >= 4 is 51.5 Å². The first-order valence-corrected chi connectivity index (χ1v) is 6.91. The SMILES string of the molecule is Cc1[nH]cc(NC(=O)c2csc(I)c2)c1C(=O)O. The van der Waals surface area contributed by atoms with Crippen LogP contribution in [0, 0.1) is 9.81 Å². The summed E-state index contributed by atoms with van der Waals surface area (Å²) in [5.74, 6) is -1.38. The van der Waals surface area contributed by atoms with Gasteiger partial charge in [0, 0.05) is 17.3 Å². The summed E-state index contributed by atoms with van der Waals surface area (Å²) in [7, 11) is 0. The zero-order valence-electron chi connectivity index (χ0n) is 9.28. The van der Waals surface area contributed by atoms with E-state index in [-0.39, 0.29) is 17.2 Å². The Kier molecular flexibility index (Phi) is 3.71. The molecule has 0 radical (unpaired) electrons. The van der Waals surface area contributed by atoms with Gasteiger partial charge >= 0.3 is 5.97 Å². The second kappa shape index (κ2) is 5.11. The fourth-order valence-electron chi connectivity index (χ4n) is 1.52. The van der Waals surface area contributed by atoms with Crippen LogP contribution in [0.15, 0.2) is 17.6 Å². The summed E-state index contributed by atoms with van der Waals surface area (Å²) in [6.45, 7) is 1.65. The number of H-pyrrole nitrogens is 1. The number of carboxylic acids is 1. The Morgan fingerprint density at radius 3 is 2.78 bits per heavy atom. The second-order valence-corrected chi connectivity index (χ2v) is 6.41. The molecule has 0 saturated carbocycles. The van der Waals surface area contributed by atoms with E-state index in [2.05, 4.69) is 32.9 Å². The summed E-state index contributed by atoms with van der Waals surface area (Å²) in [4.78, 5) is 25.7. The Hall–Kier alpha value is -1.35. The average Bonchev–Trinajstić information content (AvgIpc) is 2.85. The molecule has 0 fully saturated rings. The van der Waals surface area contributed by atoms with Gasteiger partial charge < -0.3 is 15.4 Å². The summed E-state index contributed by atoms with van der Waals surface area (Å²) >= 11 is 3.59. The van der Waals surface area contributed by atoms with Crippen molar-refractivity contribution in [1.29, 1.82) is 0 Å². The lowest BCUT2D eigenvalue weighted by Crippen LogP contribution is -2.13. The van der Waals surface area contributed by atoms with Gasteiger partial charge in [-0.15, -0.1) is 11.3 Å². The topological polar surface area (TPSA) is 82.2 Å². The Morgan fingerprint density at radius 2 is 2.22 bits per heavy atom. The van der Waals surface area contributed by atoms with Crippen LogP contribution in [0.4, 0.5) is 5.69 Å². The van der Waals surface area contributed by atoms with Crippen LogP contribution in [0.2, 0.25) is 0 Å². The van der Waals surface area contributed by atoms with Gasteiger partial charge in [-0.1, -0.05) is 0 Å². The molecule has 0 spiro atoms. The van der Waals surface area contributed by atoms with E-state index in [0.29, 0.717) is 11.3 Å². The third kappa shape index (κ3) is 2.56. The van der Waals surface area contributed by atoms with Crippen LogP contribution >= 0.6 is 33.9 Å². The molecule has 1 amide bonds. The number of amides is 1. The largest absolute Gasteiger partial charge is 0.478 e. The molecule has 7 heteroatoms. The van der Waals surface area contributed by atoms with Gasteiger partial charge in [0.25, 0.3) is 5.91 Å². The van der Waals surface area contributed by atoms with Crippen molar-refractivity contribution in [2.45, 2.75) is 6.92 Å². The smallest absolute Gasteiger partial charge is 0.339 e. The maximum absolute atomic E-state index is 11.9. The molecule has 0 aliphatic rings.